The van der Waals surface area contributed by atoms with Crippen LogP contribution in [0.15, 0.2) is 0 Å². The van der Waals surface area contributed by atoms with Crippen molar-refractivity contribution in [2.75, 3.05) is 0 Å². The zero-order chi connectivity index (χ0) is 8.43. The van der Waals surface area contributed by atoms with Crippen LogP contribution in [0.4, 0.5) is 4.39 Å². The Balaban J connectivity index is 2.40. The standard InChI is InChI=1S/C10H19F/c1-7(2)9-4-5-10(11)8(3)6-9/h7-10H,4-6H2,1-3H3. The van der Waals surface area contributed by atoms with Crippen LogP contribution in [-0.2, 0) is 0 Å². The lowest BCUT2D eigenvalue weighted by molar-refractivity contribution is 0.119. The first-order chi connectivity index (χ1) is 5.11. The van der Waals surface area contributed by atoms with Crippen molar-refractivity contribution < 1.29 is 4.39 Å². The molecule has 1 heteroatoms. The van der Waals surface area contributed by atoms with Crippen LogP contribution in [0.3, 0.4) is 0 Å². The fraction of sp³-hybridized carbons (Fsp3) is 1.00. The minimum Gasteiger partial charge on any atom is -0.247 e. The summed E-state index contributed by atoms with van der Waals surface area (Å²) in [5, 5.41) is 0. The lowest BCUT2D eigenvalue weighted by Gasteiger charge is -2.31. The van der Waals surface area contributed by atoms with Crippen LogP contribution < -0.4 is 0 Å². The van der Waals surface area contributed by atoms with Gasteiger partial charge < -0.3 is 0 Å². The first-order valence-corrected chi connectivity index (χ1v) is 4.75. The van der Waals surface area contributed by atoms with Crippen LogP contribution in [-0.4, -0.2) is 6.17 Å². The van der Waals surface area contributed by atoms with Gasteiger partial charge in [0.15, 0.2) is 0 Å². The van der Waals surface area contributed by atoms with Crippen molar-refractivity contribution >= 4 is 0 Å². The lowest BCUT2D eigenvalue weighted by Crippen LogP contribution is -2.26. The van der Waals surface area contributed by atoms with Crippen LogP contribution in [0.2, 0.25) is 0 Å². The molecule has 1 rings (SSSR count). The molecule has 0 amide bonds. The normalized spacial score (nSPS) is 39.5. The lowest BCUT2D eigenvalue weighted by atomic mass is 9.76. The Morgan fingerprint density at radius 1 is 1.27 bits per heavy atom. The second-order valence-electron chi connectivity index (χ2n) is 4.31. The van der Waals surface area contributed by atoms with Crippen molar-refractivity contribution in [3.63, 3.8) is 0 Å². The molecule has 0 radical (unpaired) electrons. The Morgan fingerprint density at radius 3 is 2.36 bits per heavy atom. The van der Waals surface area contributed by atoms with Crippen LogP contribution >= 0.6 is 0 Å². The molecule has 0 aromatic carbocycles. The monoisotopic (exact) mass is 158 g/mol. The Labute approximate surface area is 69.2 Å². The number of alkyl halides is 1. The van der Waals surface area contributed by atoms with Crippen LogP contribution in [0.5, 0.6) is 0 Å². The highest BCUT2D eigenvalue weighted by molar-refractivity contribution is 4.78. The molecule has 1 fully saturated rings. The average Bonchev–Trinajstić information content (AvgIpc) is 1.94. The number of hydrogen-bond acceptors (Lipinski definition) is 0. The summed E-state index contributed by atoms with van der Waals surface area (Å²) in [6.45, 7) is 6.53. The Bertz CT molecular complexity index is 120. The van der Waals surface area contributed by atoms with E-state index in [2.05, 4.69) is 13.8 Å². The molecule has 1 aliphatic rings. The van der Waals surface area contributed by atoms with E-state index in [1.54, 1.807) is 0 Å². The zero-order valence-corrected chi connectivity index (χ0v) is 7.81. The summed E-state index contributed by atoms with van der Waals surface area (Å²) in [4.78, 5) is 0. The fourth-order valence-electron chi connectivity index (χ4n) is 2.01. The van der Waals surface area contributed by atoms with Gasteiger partial charge in [0, 0.05) is 0 Å². The third-order valence-corrected chi connectivity index (χ3v) is 3.05. The predicted octanol–water partition coefficient (Wildman–Crippen LogP) is 3.42. The van der Waals surface area contributed by atoms with E-state index in [1.807, 2.05) is 6.92 Å². The molecule has 0 spiro atoms. The second kappa shape index (κ2) is 3.55. The Hall–Kier alpha value is -0.0700. The summed E-state index contributed by atoms with van der Waals surface area (Å²) in [6, 6.07) is 0. The van der Waals surface area contributed by atoms with Crippen molar-refractivity contribution in [2.45, 2.75) is 46.2 Å². The van der Waals surface area contributed by atoms with Gasteiger partial charge in [-0.2, -0.15) is 0 Å². The number of halogens is 1. The third kappa shape index (κ3) is 2.18. The maximum absolute atomic E-state index is 13.0. The molecule has 3 unspecified atom stereocenters. The Kier molecular flexibility index (Phi) is 2.91. The average molecular weight is 158 g/mol. The summed E-state index contributed by atoms with van der Waals surface area (Å²) in [5.74, 6) is 1.82. The highest BCUT2D eigenvalue weighted by Gasteiger charge is 2.28. The first-order valence-electron chi connectivity index (χ1n) is 4.75. The molecule has 1 saturated carbocycles. The van der Waals surface area contributed by atoms with Gasteiger partial charge in [-0.05, 0) is 37.0 Å². The van der Waals surface area contributed by atoms with Gasteiger partial charge in [-0.15, -0.1) is 0 Å². The highest BCUT2D eigenvalue weighted by atomic mass is 19.1. The van der Waals surface area contributed by atoms with Crippen molar-refractivity contribution in [3.05, 3.63) is 0 Å². The summed E-state index contributed by atoms with van der Waals surface area (Å²) in [6.07, 6.45) is 2.47. The SMILES string of the molecule is CC(C)C1CCC(F)C(C)C1. The molecule has 1 aliphatic carbocycles. The molecule has 0 N–H and O–H groups in total. The van der Waals surface area contributed by atoms with Gasteiger partial charge in [0.1, 0.15) is 6.17 Å². The topological polar surface area (TPSA) is 0 Å². The van der Waals surface area contributed by atoms with Crippen LogP contribution in [0.1, 0.15) is 40.0 Å². The predicted molar refractivity (Wildman–Crippen MR) is 46.2 cm³/mol. The van der Waals surface area contributed by atoms with E-state index in [-0.39, 0.29) is 0 Å². The van der Waals surface area contributed by atoms with E-state index in [4.69, 9.17) is 0 Å². The molecule has 0 aliphatic heterocycles. The van der Waals surface area contributed by atoms with Gasteiger partial charge in [0.05, 0.1) is 0 Å². The minimum absolute atomic E-state index is 0.302. The van der Waals surface area contributed by atoms with Crippen molar-refractivity contribution in [1.82, 2.24) is 0 Å². The highest BCUT2D eigenvalue weighted by Crippen LogP contribution is 2.34. The van der Waals surface area contributed by atoms with Crippen LogP contribution in [0, 0.1) is 17.8 Å². The number of hydrogen-bond donors (Lipinski definition) is 0. The molecular formula is C10H19F. The van der Waals surface area contributed by atoms with E-state index in [1.165, 1.54) is 0 Å². The summed E-state index contributed by atoms with van der Waals surface area (Å²) in [5.41, 5.74) is 0. The van der Waals surface area contributed by atoms with Gasteiger partial charge in [-0.3, -0.25) is 0 Å². The van der Waals surface area contributed by atoms with E-state index in [0.717, 1.165) is 31.1 Å². The van der Waals surface area contributed by atoms with Gasteiger partial charge in [0.2, 0.25) is 0 Å². The van der Waals surface area contributed by atoms with E-state index in [9.17, 15) is 4.39 Å². The molecule has 0 saturated heterocycles. The largest absolute Gasteiger partial charge is 0.247 e. The summed E-state index contributed by atoms with van der Waals surface area (Å²) < 4.78 is 13.0. The first kappa shape index (κ1) is 9.02. The molecule has 0 nitrogen and oxygen atoms in total. The van der Waals surface area contributed by atoms with Gasteiger partial charge in [-0.25, -0.2) is 4.39 Å². The molecule has 66 valence electrons. The molecule has 0 aromatic heterocycles. The minimum atomic E-state index is -0.523. The molecule has 11 heavy (non-hydrogen) atoms. The molecule has 3 atom stereocenters. The summed E-state index contributed by atoms with van der Waals surface area (Å²) >= 11 is 0. The molecule has 0 heterocycles. The quantitative estimate of drug-likeness (QED) is 0.548. The molecular weight excluding hydrogens is 139 g/mol. The smallest absolute Gasteiger partial charge is 0.103 e. The van der Waals surface area contributed by atoms with Crippen molar-refractivity contribution in [3.8, 4) is 0 Å². The van der Waals surface area contributed by atoms with E-state index in [0.29, 0.717) is 5.92 Å². The van der Waals surface area contributed by atoms with Crippen molar-refractivity contribution in [1.29, 1.82) is 0 Å². The van der Waals surface area contributed by atoms with Gasteiger partial charge in [0.25, 0.3) is 0 Å². The maximum atomic E-state index is 13.0. The molecule has 0 aromatic rings. The van der Waals surface area contributed by atoms with Crippen molar-refractivity contribution in [2.24, 2.45) is 17.8 Å². The summed E-state index contributed by atoms with van der Waals surface area (Å²) in [7, 11) is 0. The van der Waals surface area contributed by atoms with Gasteiger partial charge in [-0.1, -0.05) is 20.8 Å². The number of rotatable bonds is 1. The second-order valence-corrected chi connectivity index (χ2v) is 4.31. The maximum Gasteiger partial charge on any atom is 0.103 e. The zero-order valence-electron chi connectivity index (χ0n) is 7.81. The van der Waals surface area contributed by atoms with E-state index < -0.39 is 6.17 Å². The molecule has 0 bridgehead atoms. The van der Waals surface area contributed by atoms with E-state index >= 15 is 0 Å². The fourth-order valence-corrected chi connectivity index (χ4v) is 2.01. The van der Waals surface area contributed by atoms with Crippen LogP contribution in [0.25, 0.3) is 0 Å². The Morgan fingerprint density at radius 2 is 1.91 bits per heavy atom. The van der Waals surface area contributed by atoms with Gasteiger partial charge >= 0.3 is 0 Å². The third-order valence-electron chi connectivity index (χ3n) is 3.05.